The van der Waals surface area contributed by atoms with Crippen LogP contribution < -0.4 is 10.2 Å². The number of piperazine rings is 1. The number of aliphatic imine (C=N–C) groups is 1. The molecule has 1 fully saturated rings. The first-order valence-electron chi connectivity index (χ1n) is 8.65. The van der Waals surface area contributed by atoms with Crippen LogP contribution in [0.2, 0.25) is 0 Å². The summed E-state index contributed by atoms with van der Waals surface area (Å²) < 4.78 is 6.41. The molecule has 1 saturated heterocycles. The summed E-state index contributed by atoms with van der Waals surface area (Å²) in [6.45, 7) is 9.30. The smallest absolute Gasteiger partial charge is 0.205 e. The number of hydrogen-bond donors (Lipinski definition) is 1. The molecule has 25 heavy (non-hydrogen) atoms. The summed E-state index contributed by atoms with van der Waals surface area (Å²) >= 11 is 1.49. The van der Waals surface area contributed by atoms with Gasteiger partial charge in [-0.05, 0) is 6.92 Å². The summed E-state index contributed by atoms with van der Waals surface area (Å²) in [5.41, 5.74) is 0. The Morgan fingerprint density at radius 1 is 1.28 bits per heavy atom. The molecule has 1 aliphatic heterocycles. The van der Waals surface area contributed by atoms with E-state index in [1.807, 2.05) is 11.6 Å². The lowest BCUT2D eigenvalue weighted by Gasteiger charge is -2.36. The van der Waals surface area contributed by atoms with Gasteiger partial charge >= 0.3 is 0 Å². The Balaban J connectivity index is 1.53. The zero-order valence-electron chi connectivity index (χ0n) is 15.0. The van der Waals surface area contributed by atoms with E-state index < -0.39 is 0 Å². The Labute approximate surface area is 152 Å². The van der Waals surface area contributed by atoms with Gasteiger partial charge in [0.05, 0.1) is 6.54 Å². The van der Waals surface area contributed by atoms with Crippen molar-refractivity contribution in [2.75, 3.05) is 38.1 Å². The summed E-state index contributed by atoms with van der Waals surface area (Å²) in [6, 6.07) is 0. The van der Waals surface area contributed by atoms with Crippen LogP contribution in [0.15, 0.2) is 11.3 Å². The standard InChI is InChI=1S/C15H25N9S/c1-4-12-19-15(25-21-12)24-8-6-23(7-9-24)14(16-3)17-10-13-20-18-11-22(13)5-2/h11H,4-10H2,1-3H3,(H,16,17). The quantitative estimate of drug-likeness (QED) is 0.615. The Kier molecular flexibility index (Phi) is 5.79. The molecule has 0 saturated carbocycles. The Morgan fingerprint density at radius 3 is 2.72 bits per heavy atom. The van der Waals surface area contributed by atoms with Gasteiger partial charge in [-0.1, -0.05) is 6.92 Å². The van der Waals surface area contributed by atoms with E-state index in [1.54, 1.807) is 6.33 Å². The molecule has 0 atom stereocenters. The molecular formula is C15H25N9S. The number of rotatable bonds is 5. The monoisotopic (exact) mass is 363 g/mol. The molecule has 3 heterocycles. The topological polar surface area (TPSA) is 87.4 Å². The number of hydrogen-bond acceptors (Lipinski definition) is 7. The van der Waals surface area contributed by atoms with Gasteiger partial charge in [-0.15, -0.1) is 10.2 Å². The van der Waals surface area contributed by atoms with Crippen molar-refractivity contribution >= 4 is 22.6 Å². The zero-order valence-corrected chi connectivity index (χ0v) is 15.8. The Bertz CT molecular complexity index is 699. The lowest BCUT2D eigenvalue weighted by atomic mass is 10.3. The van der Waals surface area contributed by atoms with E-state index in [4.69, 9.17) is 0 Å². The third-order valence-corrected chi connectivity index (χ3v) is 5.09. The van der Waals surface area contributed by atoms with Gasteiger partial charge in [-0.25, -0.2) is 4.98 Å². The summed E-state index contributed by atoms with van der Waals surface area (Å²) in [5.74, 6) is 2.75. The SMILES string of the molecule is CCc1nsc(N2CCN(C(=NC)NCc3nncn3CC)CC2)n1. The summed E-state index contributed by atoms with van der Waals surface area (Å²) in [4.78, 5) is 13.6. The van der Waals surface area contributed by atoms with Crippen molar-refractivity contribution in [3.05, 3.63) is 18.0 Å². The molecule has 3 rings (SSSR count). The first-order valence-corrected chi connectivity index (χ1v) is 9.42. The van der Waals surface area contributed by atoms with Gasteiger partial charge in [0.2, 0.25) is 5.13 Å². The van der Waals surface area contributed by atoms with Crippen LogP contribution in [0.25, 0.3) is 0 Å². The lowest BCUT2D eigenvalue weighted by Crippen LogP contribution is -2.52. The molecule has 136 valence electrons. The van der Waals surface area contributed by atoms with E-state index in [0.29, 0.717) is 6.54 Å². The minimum absolute atomic E-state index is 0.622. The molecule has 0 bridgehead atoms. The van der Waals surface area contributed by atoms with Gasteiger partial charge in [0.25, 0.3) is 0 Å². The lowest BCUT2D eigenvalue weighted by molar-refractivity contribution is 0.371. The molecule has 0 radical (unpaired) electrons. The first-order chi connectivity index (χ1) is 12.2. The average molecular weight is 363 g/mol. The molecule has 9 nitrogen and oxygen atoms in total. The van der Waals surface area contributed by atoms with Crippen molar-refractivity contribution in [1.29, 1.82) is 0 Å². The maximum Gasteiger partial charge on any atom is 0.205 e. The number of guanidine groups is 1. The fourth-order valence-electron chi connectivity index (χ4n) is 2.80. The van der Waals surface area contributed by atoms with Gasteiger partial charge in [-0.3, -0.25) is 4.99 Å². The van der Waals surface area contributed by atoms with E-state index >= 15 is 0 Å². The molecule has 0 unspecified atom stereocenters. The molecule has 2 aromatic rings. The van der Waals surface area contributed by atoms with E-state index in [2.05, 4.69) is 53.5 Å². The van der Waals surface area contributed by atoms with Crippen LogP contribution in [0.1, 0.15) is 25.5 Å². The first kappa shape index (κ1) is 17.6. The van der Waals surface area contributed by atoms with Crippen LogP contribution in [0.4, 0.5) is 5.13 Å². The molecular weight excluding hydrogens is 338 g/mol. The maximum absolute atomic E-state index is 4.58. The third kappa shape index (κ3) is 4.06. The number of anilines is 1. The minimum Gasteiger partial charge on any atom is -0.349 e. The number of nitrogens with one attached hydrogen (secondary N) is 1. The molecule has 10 heteroatoms. The fourth-order valence-corrected chi connectivity index (χ4v) is 3.60. The molecule has 1 N–H and O–H groups in total. The fraction of sp³-hybridized carbons (Fsp3) is 0.667. The van der Waals surface area contributed by atoms with Gasteiger partial charge < -0.3 is 19.7 Å². The predicted octanol–water partition coefficient (Wildman–Crippen LogP) is 0.609. The minimum atomic E-state index is 0.622. The molecule has 0 aliphatic carbocycles. The second kappa shape index (κ2) is 8.24. The summed E-state index contributed by atoms with van der Waals surface area (Å²) in [5, 5.41) is 12.5. The highest BCUT2D eigenvalue weighted by atomic mass is 32.1. The molecule has 1 aliphatic rings. The Morgan fingerprint density at radius 2 is 2.08 bits per heavy atom. The van der Waals surface area contributed by atoms with Crippen LogP contribution in [0.3, 0.4) is 0 Å². The molecule has 0 spiro atoms. The predicted molar refractivity (Wildman–Crippen MR) is 99.0 cm³/mol. The van der Waals surface area contributed by atoms with Crippen LogP contribution in [-0.4, -0.2) is 68.2 Å². The Hall–Kier alpha value is -2.23. The average Bonchev–Trinajstić information content (AvgIpc) is 3.31. The normalized spacial score (nSPS) is 15.7. The summed E-state index contributed by atoms with van der Waals surface area (Å²) in [6.07, 6.45) is 2.64. The highest BCUT2D eigenvalue weighted by Crippen LogP contribution is 2.19. The van der Waals surface area contributed by atoms with Gasteiger partial charge in [0, 0.05) is 57.7 Å². The zero-order chi connectivity index (χ0) is 17.6. The van der Waals surface area contributed by atoms with Crippen molar-refractivity contribution in [3.63, 3.8) is 0 Å². The van der Waals surface area contributed by atoms with E-state index in [1.165, 1.54) is 11.5 Å². The van der Waals surface area contributed by atoms with Crippen LogP contribution in [0, 0.1) is 0 Å². The van der Waals surface area contributed by atoms with Gasteiger partial charge in [-0.2, -0.15) is 4.37 Å². The number of aromatic nitrogens is 5. The van der Waals surface area contributed by atoms with E-state index in [-0.39, 0.29) is 0 Å². The van der Waals surface area contributed by atoms with Crippen LogP contribution >= 0.6 is 11.5 Å². The van der Waals surface area contributed by atoms with Crippen LogP contribution in [0.5, 0.6) is 0 Å². The maximum atomic E-state index is 4.58. The second-order valence-electron chi connectivity index (χ2n) is 5.75. The van der Waals surface area contributed by atoms with E-state index in [0.717, 1.165) is 61.9 Å². The molecule has 2 aromatic heterocycles. The number of aryl methyl sites for hydroxylation is 2. The van der Waals surface area contributed by atoms with Crippen molar-refractivity contribution < 1.29 is 0 Å². The largest absolute Gasteiger partial charge is 0.349 e. The van der Waals surface area contributed by atoms with Crippen molar-refractivity contribution in [2.45, 2.75) is 33.4 Å². The summed E-state index contributed by atoms with van der Waals surface area (Å²) in [7, 11) is 1.82. The highest BCUT2D eigenvalue weighted by molar-refractivity contribution is 7.09. The van der Waals surface area contributed by atoms with Gasteiger partial charge in [0.1, 0.15) is 12.2 Å². The molecule has 0 amide bonds. The number of nitrogens with zero attached hydrogens (tertiary/aromatic N) is 8. The van der Waals surface area contributed by atoms with Crippen molar-refractivity contribution in [3.8, 4) is 0 Å². The van der Waals surface area contributed by atoms with E-state index in [9.17, 15) is 0 Å². The highest BCUT2D eigenvalue weighted by Gasteiger charge is 2.22. The van der Waals surface area contributed by atoms with Gasteiger partial charge in [0.15, 0.2) is 11.8 Å². The third-order valence-electron chi connectivity index (χ3n) is 4.28. The second-order valence-corrected chi connectivity index (χ2v) is 6.49. The van der Waals surface area contributed by atoms with Crippen LogP contribution in [-0.2, 0) is 19.5 Å². The van der Waals surface area contributed by atoms with Crippen molar-refractivity contribution in [2.24, 2.45) is 4.99 Å². The van der Waals surface area contributed by atoms with Crippen molar-refractivity contribution in [1.82, 2.24) is 34.3 Å². The molecule has 0 aromatic carbocycles.